The summed E-state index contributed by atoms with van der Waals surface area (Å²) in [6.45, 7) is 9.11. The largest absolute Gasteiger partial charge is 0.442 e. The van der Waals surface area contributed by atoms with Gasteiger partial charge in [0.2, 0.25) is 0 Å². The first kappa shape index (κ1) is 27.7. The van der Waals surface area contributed by atoms with Crippen molar-refractivity contribution in [1.29, 1.82) is 0 Å². The topological polar surface area (TPSA) is 108 Å². The van der Waals surface area contributed by atoms with E-state index in [4.69, 9.17) is 27.9 Å². The molecule has 10 nitrogen and oxygen atoms in total. The Balaban J connectivity index is 1.65. The highest BCUT2D eigenvalue weighted by Crippen LogP contribution is 2.46. The summed E-state index contributed by atoms with van der Waals surface area (Å²) in [4.78, 5) is 28.0. The summed E-state index contributed by atoms with van der Waals surface area (Å²) < 4.78 is 23.3. The van der Waals surface area contributed by atoms with E-state index in [0.717, 1.165) is 4.68 Å². The molecular weight excluding hydrogens is 560 g/mol. The van der Waals surface area contributed by atoms with E-state index in [9.17, 15) is 9.59 Å². The van der Waals surface area contributed by atoms with Crippen molar-refractivity contribution >= 4 is 40.9 Å². The average Bonchev–Trinajstić information content (AvgIpc) is 3.55. The maximum atomic E-state index is 15.3. The molecule has 208 valence electrons. The molecule has 3 heterocycles. The van der Waals surface area contributed by atoms with Crippen LogP contribution in [0.25, 0.3) is 0 Å². The third kappa shape index (κ3) is 4.95. The second-order valence-corrected chi connectivity index (χ2v) is 11.5. The van der Waals surface area contributed by atoms with Gasteiger partial charge in [-0.3, -0.25) is 14.4 Å². The van der Waals surface area contributed by atoms with Gasteiger partial charge in [0.05, 0.1) is 16.8 Å². The monoisotopic (exact) mass is 585 g/mol. The second kappa shape index (κ2) is 10.3. The lowest BCUT2D eigenvalue weighted by molar-refractivity contribution is 0.0505. The number of amides is 1. The lowest BCUT2D eigenvalue weighted by Crippen LogP contribution is -2.31. The number of nitrogens with zero attached hydrogens (tertiary/aromatic N) is 7. The highest BCUT2D eigenvalue weighted by Gasteiger charge is 2.45. The number of carbonyl (C=O) groups is 2. The normalized spacial score (nSPS) is 15.2. The fourth-order valence-corrected chi connectivity index (χ4v) is 5.07. The molecule has 0 N–H and O–H groups in total. The Kier molecular flexibility index (Phi) is 7.13. The van der Waals surface area contributed by atoms with E-state index in [1.165, 1.54) is 17.0 Å². The standard InChI is InChI=1S/C27H26Cl2FN7O3/c1-14(2)23-20-22(32-35(23)13-19-31-33-34-37(19)26(39)40-27(3,4)5)25(38)36(18-8-6-7-17(29)21(18)30)24(20)15-9-11-16(28)12-10-15/h6-12,14,24H,13H2,1-5H3. The van der Waals surface area contributed by atoms with Crippen molar-refractivity contribution in [1.82, 2.24) is 30.0 Å². The zero-order chi connectivity index (χ0) is 28.9. The Morgan fingerprint density at radius 1 is 1.12 bits per heavy atom. The molecule has 4 aromatic rings. The molecule has 1 atom stereocenters. The van der Waals surface area contributed by atoms with Crippen LogP contribution < -0.4 is 4.90 Å². The third-order valence-electron chi connectivity index (χ3n) is 6.30. The van der Waals surface area contributed by atoms with E-state index < -0.39 is 29.5 Å². The Morgan fingerprint density at radius 2 is 1.82 bits per heavy atom. The lowest BCUT2D eigenvalue weighted by atomic mass is 9.94. The van der Waals surface area contributed by atoms with E-state index in [2.05, 4.69) is 20.6 Å². The number of halogens is 3. The molecule has 1 aliphatic rings. The second-order valence-electron chi connectivity index (χ2n) is 10.6. The fourth-order valence-electron chi connectivity index (χ4n) is 4.78. The molecule has 0 bridgehead atoms. The van der Waals surface area contributed by atoms with Crippen molar-refractivity contribution in [2.24, 2.45) is 0 Å². The van der Waals surface area contributed by atoms with Gasteiger partial charge in [0.1, 0.15) is 12.1 Å². The maximum absolute atomic E-state index is 15.3. The van der Waals surface area contributed by atoms with E-state index in [1.807, 2.05) is 13.8 Å². The molecule has 5 rings (SSSR count). The van der Waals surface area contributed by atoms with Crippen LogP contribution in [0.15, 0.2) is 42.5 Å². The molecule has 1 unspecified atom stereocenters. The molecule has 2 aromatic carbocycles. The van der Waals surface area contributed by atoms with Crippen LogP contribution in [-0.2, 0) is 11.3 Å². The summed E-state index contributed by atoms with van der Waals surface area (Å²) in [6, 6.07) is 10.8. The van der Waals surface area contributed by atoms with Crippen LogP contribution in [0.2, 0.25) is 10.0 Å². The van der Waals surface area contributed by atoms with Crippen LogP contribution in [-0.4, -0.2) is 47.6 Å². The predicted octanol–water partition coefficient (Wildman–Crippen LogP) is 6.02. The van der Waals surface area contributed by atoms with E-state index in [1.54, 1.807) is 55.8 Å². The Labute approximate surface area is 239 Å². The smallest absolute Gasteiger partial charge is 0.438 e. The van der Waals surface area contributed by atoms with Gasteiger partial charge in [-0.15, -0.1) is 9.78 Å². The maximum Gasteiger partial charge on any atom is 0.438 e. The predicted molar refractivity (Wildman–Crippen MR) is 146 cm³/mol. The highest BCUT2D eigenvalue weighted by atomic mass is 35.5. The zero-order valence-electron chi connectivity index (χ0n) is 22.4. The first-order chi connectivity index (χ1) is 18.9. The number of aromatic nitrogens is 6. The van der Waals surface area contributed by atoms with Gasteiger partial charge in [-0.25, -0.2) is 9.18 Å². The Morgan fingerprint density at radius 3 is 2.48 bits per heavy atom. The number of tetrazole rings is 1. The number of benzene rings is 2. The van der Waals surface area contributed by atoms with Gasteiger partial charge in [0.25, 0.3) is 5.91 Å². The summed E-state index contributed by atoms with van der Waals surface area (Å²) >= 11 is 12.3. The van der Waals surface area contributed by atoms with E-state index in [0.29, 0.717) is 21.8 Å². The summed E-state index contributed by atoms with van der Waals surface area (Å²) in [7, 11) is 0. The average molecular weight is 586 g/mol. The lowest BCUT2D eigenvalue weighted by Gasteiger charge is -2.28. The molecule has 0 aliphatic carbocycles. The van der Waals surface area contributed by atoms with Crippen molar-refractivity contribution in [3.8, 4) is 0 Å². The molecule has 0 saturated heterocycles. The van der Waals surface area contributed by atoms with Crippen molar-refractivity contribution in [2.45, 2.75) is 58.7 Å². The molecular formula is C27H26Cl2FN7O3. The molecule has 2 aromatic heterocycles. The van der Waals surface area contributed by atoms with Crippen molar-refractivity contribution in [3.05, 3.63) is 86.7 Å². The van der Waals surface area contributed by atoms with Crippen LogP contribution >= 0.6 is 23.2 Å². The van der Waals surface area contributed by atoms with Crippen molar-refractivity contribution < 1.29 is 18.7 Å². The number of ether oxygens (including phenoxy) is 1. The summed E-state index contributed by atoms with van der Waals surface area (Å²) in [5.41, 5.74) is 1.44. The van der Waals surface area contributed by atoms with Crippen molar-refractivity contribution in [3.63, 3.8) is 0 Å². The van der Waals surface area contributed by atoms with Gasteiger partial charge in [0, 0.05) is 16.3 Å². The van der Waals surface area contributed by atoms with Gasteiger partial charge in [-0.05, 0) is 66.9 Å². The van der Waals surface area contributed by atoms with Crippen LogP contribution in [0.4, 0.5) is 14.9 Å². The number of rotatable bonds is 5. The summed E-state index contributed by atoms with van der Waals surface area (Å²) in [6.07, 6.45) is -0.740. The van der Waals surface area contributed by atoms with Crippen LogP contribution in [0.3, 0.4) is 0 Å². The third-order valence-corrected chi connectivity index (χ3v) is 6.84. The minimum Gasteiger partial charge on any atom is -0.442 e. The fraction of sp³-hybridized carbons (Fsp3) is 0.333. The molecule has 13 heteroatoms. The SMILES string of the molecule is CC(C)c1c2c(nn1Cc1nnnn1C(=O)OC(C)(C)C)C(=O)N(c1cccc(Cl)c1F)C2c1ccc(Cl)cc1. The highest BCUT2D eigenvalue weighted by molar-refractivity contribution is 6.31. The van der Waals surface area contributed by atoms with E-state index >= 15 is 4.39 Å². The minimum atomic E-state index is -0.756. The van der Waals surface area contributed by atoms with Crippen LogP contribution in [0.5, 0.6) is 0 Å². The molecule has 0 saturated carbocycles. The Hall–Kier alpha value is -3.83. The van der Waals surface area contributed by atoms with Crippen LogP contribution in [0, 0.1) is 5.82 Å². The number of anilines is 1. The Bertz CT molecular complexity index is 1610. The molecule has 1 aliphatic heterocycles. The first-order valence-corrected chi connectivity index (χ1v) is 13.3. The van der Waals surface area contributed by atoms with Gasteiger partial charge in [0.15, 0.2) is 17.3 Å². The number of hydrogen-bond acceptors (Lipinski definition) is 7. The summed E-state index contributed by atoms with van der Waals surface area (Å²) in [5, 5.41) is 16.5. The molecule has 40 heavy (non-hydrogen) atoms. The van der Waals surface area contributed by atoms with Gasteiger partial charge in [-0.1, -0.05) is 55.2 Å². The number of hydrogen-bond donors (Lipinski definition) is 0. The van der Waals surface area contributed by atoms with E-state index in [-0.39, 0.29) is 34.7 Å². The van der Waals surface area contributed by atoms with Crippen LogP contribution in [0.1, 0.15) is 79.7 Å². The minimum absolute atomic E-state index is 0.0150. The number of fused-ring (bicyclic) bond motifs is 1. The molecule has 0 fully saturated rings. The van der Waals surface area contributed by atoms with Crippen molar-refractivity contribution in [2.75, 3.05) is 4.90 Å². The molecule has 1 amide bonds. The van der Waals surface area contributed by atoms with Gasteiger partial charge >= 0.3 is 6.09 Å². The number of carbonyl (C=O) groups excluding carboxylic acids is 2. The van der Waals surface area contributed by atoms with Gasteiger partial charge < -0.3 is 4.74 Å². The molecule has 0 radical (unpaired) electrons. The first-order valence-electron chi connectivity index (χ1n) is 12.5. The molecule has 0 spiro atoms. The summed E-state index contributed by atoms with van der Waals surface area (Å²) in [5.74, 6) is -1.17. The van der Waals surface area contributed by atoms with Gasteiger partial charge in [-0.2, -0.15) is 5.10 Å². The zero-order valence-corrected chi connectivity index (χ0v) is 23.9. The quantitative estimate of drug-likeness (QED) is 0.263.